The molecule has 7 nitrogen and oxygen atoms in total. The van der Waals surface area contributed by atoms with E-state index >= 15 is 0 Å². The van der Waals surface area contributed by atoms with Crippen molar-refractivity contribution in [1.29, 1.82) is 5.26 Å². The second-order valence-electron chi connectivity index (χ2n) is 9.87. The van der Waals surface area contributed by atoms with E-state index in [2.05, 4.69) is 26.0 Å². The number of nitrogens with zero attached hydrogens (tertiary/aromatic N) is 5. The molecule has 0 saturated carbocycles. The molecule has 39 heavy (non-hydrogen) atoms. The molecule has 196 valence electrons. The van der Waals surface area contributed by atoms with E-state index in [1.807, 2.05) is 73.9 Å². The molecule has 0 saturated heterocycles. The van der Waals surface area contributed by atoms with Crippen molar-refractivity contribution in [2.45, 2.75) is 47.1 Å². The van der Waals surface area contributed by atoms with Gasteiger partial charge in [0.25, 0.3) is 5.56 Å². The van der Waals surface area contributed by atoms with Crippen LogP contribution in [0.4, 0.5) is 0 Å². The highest BCUT2D eigenvalue weighted by atomic mass is 16.5. The van der Waals surface area contributed by atoms with Crippen molar-refractivity contribution >= 4 is 28.0 Å². The average Bonchev–Trinajstić information content (AvgIpc) is 3.19. The summed E-state index contributed by atoms with van der Waals surface area (Å²) < 4.78 is 9.29. The highest BCUT2D eigenvalue weighted by Crippen LogP contribution is 2.34. The zero-order chi connectivity index (χ0) is 27.7. The van der Waals surface area contributed by atoms with Crippen LogP contribution in [0, 0.1) is 25.2 Å². The zero-order valence-corrected chi connectivity index (χ0v) is 22.9. The van der Waals surface area contributed by atoms with Crippen molar-refractivity contribution < 1.29 is 4.74 Å². The molecule has 5 rings (SSSR count). The maximum Gasteiger partial charge on any atom is 0.282 e. The Morgan fingerprint density at radius 1 is 1.08 bits per heavy atom. The van der Waals surface area contributed by atoms with Gasteiger partial charge in [0.15, 0.2) is 5.82 Å². The molecular weight excluding hydrogens is 486 g/mol. The summed E-state index contributed by atoms with van der Waals surface area (Å²) in [6, 6.07) is 21.6. The van der Waals surface area contributed by atoms with Crippen LogP contribution < -0.4 is 10.3 Å². The van der Waals surface area contributed by atoms with Crippen molar-refractivity contribution in [1.82, 2.24) is 14.2 Å². The summed E-state index contributed by atoms with van der Waals surface area (Å²) in [6.07, 6.45) is 1.71. The molecule has 0 fully saturated rings. The Bertz CT molecular complexity index is 1840. The third kappa shape index (κ3) is 4.59. The average molecular weight is 518 g/mol. The molecule has 5 aromatic rings. The van der Waals surface area contributed by atoms with Gasteiger partial charge in [-0.15, -0.1) is 0 Å². The third-order valence-electron chi connectivity index (χ3n) is 7.08. The minimum Gasteiger partial charge on any atom is -0.494 e. The van der Waals surface area contributed by atoms with Gasteiger partial charge in [-0.05, 0) is 68.1 Å². The molecular formula is C32H31N5O2. The van der Waals surface area contributed by atoms with Crippen LogP contribution in [-0.2, 0) is 6.54 Å². The van der Waals surface area contributed by atoms with Gasteiger partial charge in [-0.25, -0.2) is 4.98 Å². The lowest BCUT2D eigenvalue weighted by Crippen LogP contribution is -2.21. The first-order chi connectivity index (χ1) is 18.8. The molecule has 0 N–H and O–H groups in total. The van der Waals surface area contributed by atoms with E-state index in [0.29, 0.717) is 23.3 Å². The molecule has 0 aliphatic carbocycles. The second kappa shape index (κ2) is 10.6. The van der Waals surface area contributed by atoms with Gasteiger partial charge in [-0.2, -0.15) is 15.0 Å². The van der Waals surface area contributed by atoms with Gasteiger partial charge in [-0.3, -0.25) is 4.79 Å². The molecule has 0 aliphatic rings. The summed E-state index contributed by atoms with van der Waals surface area (Å²) in [7, 11) is 0. The lowest BCUT2D eigenvalue weighted by atomic mass is 9.96. The van der Waals surface area contributed by atoms with Crippen molar-refractivity contribution in [2.24, 2.45) is 5.10 Å². The fourth-order valence-electron chi connectivity index (χ4n) is 5.09. The van der Waals surface area contributed by atoms with Crippen LogP contribution >= 0.6 is 0 Å². The largest absolute Gasteiger partial charge is 0.494 e. The van der Waals surface area contributed by atoms with Crippen LogP contribution in [-0.4, -0.2) is 27.0 Å². The van der Waals surface area contributed by atoms with Crippen LogP contribution in [0.3, 0.4) is 0 Å². The minimum atomic E-state index is -0.246. The Kier molecular flexibility index (Phi) is 7.03. The SMILES string of the molecule is CCOc1cc(C)c(-c2nc3ccccc3c(=O)n2N=Cc2c(C)n(CC#N)c3ccccc23)cc1C(C)C. The van der Waals surface area contributed by atoms with Gasteiger partial charge in [0, 0.05) is 27.7 Å². The van der Waals surface area contributed by atoms with E-state index in [0.717, 1.165) is 44.6 Å². The number of benzene rings is 3. The number of fused-ring (bicyclic) bond motifs is 2. The Hall–Kier alpha value is -4.70. The van der Waals surface area contributed by atoms with E-state index < -0.39 is 0 Å². The van der Waals surface area contributed by atoms with E-state index in [4.69, 9.17) is 14.8 Å². The fraction of sp³-hybridized carbons (Fsp3) is 0.250. The summed E-state index contributed by atoms with van der Waals surface area (Å²) in [4.78, 5) is 18.8. The summed E-state index contributed by atoms with van der Waals surface area (Å²) in [5.74, 6) is 1.52. The third-order valence-corrected chi connectivity index (χ3v) is 7.08. The molecule has 3 aromatic carbocycles. The molecule has 2 aromatic heterocycles. The summed E-state index contributed by atoms with van der Waals surface area (Å²) in [6.45, 7) is 11.0. The maximum atomic E-state index is 13.8. The number of aromatic nitrogens is 3. The van der Waals surface area contributed by atoms with Crippen molar-refractivity contribution in [3.05, 3.63) is 93.4 Å². The fourth-order valence-corrected chi connectivity index (χ4v) is 5.09. The smallest absolute Gasteiger partial charge is 0.282 e. The first-order valence-electron chi connectivity index (χ1n) is 13.1. The quantitative estimate of drug-likeness (QED) is 0.229. The highest BCUT2D eigenvalue weighted by molar-refractivity contribution is 6.01. The lowest BCUT2D eigenvalue weighted by Gasteiger charge is -2.18. The van der Waals surface area contributed by atoms with E-state index in [1.165, 1.54) is 4.68 Å². The van der Waals surface area contributed by atoms with Crippen LogP contribution in [0.5, 0.6) is 5.75 Å². The standard InChI is InChI=1S/C32H31N5O2/c1-6-39-30-17-21(4)26(18-25(30)20(2)3)31-35-28-13-9-7-12-24(28)32(38)37(31)34-19-27-22(5)36(16-15-33)29-14-10-8-11-23(27)29/h7-14,17-20H,6,16H2,1-5H3. The number of hydrogen-bond acceptors (Lipinski definition) is 5. The van der Waals surface area contributed by atoms with E-state index in [9.17, 15) is 10.1 Å². The first kappa shape index (κ1) is 25.9. The number of nitriles is 1. The van der Waals surface area contributed by atoms with Crippen LogP contribution in [0.1, 0.15) is 49.1 Å². The maximum absolute atomic E-state index is 13.8. The van der Waals surface area contributed by atoms with Crippen molar-refractivity contribution in [2.75, 3.05) is 6.61 Å². The van der Waals surface area contributed by atoms with Crippen LogP contribution in [0.25, 0.3) is 33.2 Å². The molecule has 0 atom stereocenters. The Morgan fingerprint density at radius 3 is 2.51 bits per heavy atom. The second-order valence-corrected chi connectivity index (χ2v) is 9.87. The van der Waals surface area contributed by atoms with E-state index in [-0.39, 0.29) is 18.0 Å². The number of hydrogen-bond donors (Lipinski definition) is 0. The summed E-state index contributed by atoms with van der Waals surface area (Å²) in [5, 5.41) is 15.6. The topological polar surface area (TPSA) is 85.2 Å². The van der Waals surface area contributed by atoms with Gasteiger partial charge >= 0.3 is 0 Å². The molecule has 0 spiro atoms. The first-order valence-corrected chi connectivity index (χ1v) is 13.1. The molecule has 0 bridgehead atoms. The Balaban J connectivity index is 1.77. The van der Waals surface area contributed by atoms with Gasteiger partial charge in [0.1, 0.15) is 12.3 Å². The van der Waals surface area contributed by atoms with E-state index in [1.54, 1.807) is 12.3 Å². The normalized spacial score (nSPS) is 11.6. The van der Waals surface area contributed by atoms with Crippen molar-refractivity contribution in [3.63, 3.8) is 0 Å². The van der Waals surface area contributed by atoms with Crippen LogP contribution in [0.15, 0.2) is 70.6 Å². The molecule has 0 amide bonds. The van der Waals surface area contributed by atoms with Crippen molar-refractivity contribution in [3.8, 4) is 23.2 Å². The number of para-hydroxylation sites is 2. The Labute approximate surface area is 227 Å². The number of ether oxygens (including phenoxy) is 1. The number of aryl methyl sites for hydroxylation is 1. The Morgan fingerprint density at radius 2 is 1.79 bits per heavy atom. The molecule has 0 radical (unpaired) electrons. The van der Waals surface area contributed by atoms with Crippen LogP contribution in [0.2, 0.25) is 0 Å². The molecule has 0 unspecified atom stereocenters. The minimum absolute atomic E-state index is 0.212. The lowest BCUT2D eigenvalue weighted by molar-refractivity contribution is 0.335. The monoisotopic (exact) mass is 517 g/mol. The molecule has 2 heterocycles. The number of rotatable bonds is 7. The van der Waals surface area contributed by atoms with Gasteiger partial charge < -0.3 is 9.30 Å². The zero-order valence-electron chi connectivity index (χ0n) is 22.9. The van der Waals surface area contributed by atoms with Gasteiger partial charge in [0.05, 0.1) is 29.8 Å². The summed E-state index contributed by atoms with van der Waals surface area (Å²) >= 11 is 0. The van der Waals surface area contributed by atoms with Gasteiger partial charge in [0.2, 0.25) is 0 Å². The predicted octanol–water partition coefficient (Wildman–Crippen LogP) is 6.56. The van der Waals surface area contributed by atoms with Gasteiger partial charge in [-0.1, -0.05) is 44.2 Å². The predicted molar refractivity (Wildman–Crippen MR) is 157 cm³/mol. The highest BCUT2D eigenvalue weighted by Gasteiger charge is 2.19. The molecule has 0 aliphatic heterocycles. The summed E-state index contributed by atoms with van der Waals surface area (Å²) in [5.41, 5.74) is 5.90. The molecule has 7 heteroatoms.